The Hall–Kier alpha value is -1.09. The SMILES string of the molecule is O=C1C2O[P+](=S)OC[C@H]2O[C@H]1n1cnc2c(Cl)ncnc21. The van der Waals surface area contributed by atoms with Crippen molar-refractivity contribution in [3.63, 3.8) is 0 Å². The zero-order valence-electron chi connectivity index (χ0n) is 10.2. The molecule has 0 N–H and O–H groups in total. The van der Waals surface area contributed by atoms with Crippen molar-refractivity contribution in [1.82, 2.24) is 19.5 Å². The molecule has 4 atom stereocenters. The molecule has 2 unspecified atom stereocenters. The number of aromatic nitrogens is 4. The molecule has 2 fully saturated rings. The highest BCUT2D eigenvalue weighted by Gasteiger charge is 2.53. The van der Waals surface area contributed by atoms with Gasteiger partial charge in [0, 0.05) is 0 Å². The molecule has 4 rings (SSSR count). The van der Waals surface area contributed by atoms with Gasteiger partial charge in [-0.1, -0.05) is 11.6 Å². The Kier molecular flexibility index (Phi) is 3.21. The number of halogens is 1. The third kappa shape index (κ3) is 2.09. The number of Topliss-reactive ketones (excluding diaryl/α,β-unsaturated/α-hetero) is 1. The number of imidazole rings is 1. The van der Waals surface area contributed by atoms with E-state index in [9.17, 15) is 4.79 Å². The van der Waals surface area contributed by atoms with Gasteiger partial charge in [-0.15, -0.1) is 9.05 Å². The fourth-order valence-corrected chi connectivity index (χ4v) is 3.72. The first kappa shape index (κ1) is 13.6. The van der Waals surface area contributed by atoms with Crippen LogP contribution in [0.25, 0.3) is 11.2 Å². The highest BCUT2D eigenvalue weighted by molar-refractivity contribution is 8.00. The van der Waals surface area contributed by atoms with E-state index in [1.54, 1.807) is 0 Å². The van der Waals surface area contributed by atoms with Crippen LogP contribution in [-0.4, -0.2) is 44.1 Å². The second kappa shape index (κ2) is 4.98. The van der Waals surface area contributed by atoms with E-state index in [1.807, 2.05) is 0 Å². The van der Waals surface area contributed by atoms with Gasteiger partial charge in [0.2, 0.25) is 23.7 Å². The van der Waals surface area contributed by atoms with Gasteiger partial charge in [0.25, 0.3) is 0 Å². The summed E-state index contributed by atoms with van der Waals surface area (Å²) in [6.07, 6.45) is 0.692. The first-order chi connectivity index (χ1) is 10.1. The number of carbonyl (C=O) groups excluding carboxylic acids is 1. The molecule has 0 bridgehead atoms. The summed E-state index contributed by atoms with van der Waals surface area (Å²) in [6.45, 7) is 0.241. The Morgan fingerprint density at radius 2 is 2.29 bits per heavy atom. The minimum atomic E-state index is -1.46. The number of carbonyl (C=O) groups is 1. The summed E-state index contributed by atoms with van der Waals surface area (Å²) in [5.41, 5.74) is 0.835. The van der Waals surface area contributed by atoms with E-state index < -0.39 is 25.6 Å². The van der Waals surface area contributed by atoms with Gasteiger partial charge in [-0.3, -0.25) is 9.36 Å². The molecule has 108 valence electrons. The van der Waals surface area contributed by atoms with Crippen LogP contribution in [0, 0.1) is 0 Å². The smallest absolute Gasteiger partial charge is 0.341 e. The fraction of sp³-hybridized carbons (Fsp3) is 0.400. The van der Waals surface area contributed by atoms with Crippen molar-refractivity contribution < 1.29 is 18.6 Å². The van der Waals surface area contributed by atoms with Crippen molar-refractivity contribution in [1.29, 1.82) is 0 Å². The Bertz CT molecular complexity index is 771. The van der Waals surface area contributed by atoms with Gasteiger partial charge < -0.3 is 4.74 Å². The van der Waals surface area contributed by atoms with Crippen molar-refractivity contribution in [3.05, 3.63) is 17.8 Å². The topological polar surface area (TPSA) is 88.4 Å². The quantitative estimate of drug-likeness (QED) is 0.561. The van der Waals surface area contributed by atoms with Crippen LogP contribution in [0.15, 0.2) is 12.7 Å². The monoisotopic (exact) mass is 345 g/mol. The molecule has 11 heteroatoms. The normalized spacial score (nSPS) is 30.8. The maximum Gasteiger partial charge on any atom is 0.522 e. The fourth-order valence-electron chi connectivity index (χ4n) is 2.33. The zero-order chi connectivity index (χ0) is 14.6. The maximum absolute atomic E-state index is 12.4. The Morgan fingerprint density at radius 3 is 3.14 bits per heavy atom. The lowest BCUT2D eigenvalue weighted by molar-refractivity contribution is -0.129. The molecule has 0 spiro atoms. The number of hydrogen-bond acceptors (Lipinski definition) is 8. The molecule has 21 heavy (non-hydrogen) atoms. The summed E-state index contributed by atoms with van der Waals surface area (Å²) in [6, 6.07) is 0. The standard InChI is InChI=1S/C10H7ClN4O4PS/c11-8-5-9(13-2-12-8)15(3-14-5)10-6(16)7-4(18-10)1-17-20(21)19-7/h2-4,7,10H,1H2/q+1/t4-,7?,10-/m1/s1. The predicted molar refractivity (Wildman–Crippen MR) is 74.4 cm³/mol. The van der Waals surface area contributed by atoms with Crippen LogP contribution in [0.3, 0.4) is 0 Å². The second-order valence-corrected chi connectivity index (χ2v) is 6.63. The number of rotatable bonds is 1. The highest BCUT2D eigenvalue weighted by Crippen LogP contribution is 2.41. The Balaban J connectivity index is 1.75. The van der Waals surface area contributed by atoms with E-state index in [0.717, 1.165) is 0 Å². The number of ketones is 1. The molecule has 0 aliphatic carbocycles. The van der Waals surface area contributed by atoms with Crippen LogP contribution in [0.1, 0.15) is 6.23 Å². The third-order valence-electron chi connectivity index (χ3n) is 3.28. The first-order valence-electron chi connectivity index (χ1n) is 5.94. The molecule has 0 saturated carbocycles. The Labute approximate surface area is 129 Å². The van der Waals surface area contributed by atoms with E-state index in [-0.39, 0.29) is 17.5 Å². The van der Waals surface area contributed by atoms with E-state index in [4.69, 9.17) is 37.2 Å². The maximum atomic E-state index is 12.4. The van der Waals surface area contributed by atoms with Crippen molar-refractivity contribution in [2.45, 2.75) is 18.4 Å². The summed E-state index contributed by atoms with van der Waals surface area (Å²) in [4.78, 5) is 24.5. The predicted octanol–water partition coefficient (Wildman–Crippen LogP) is 1.14. The van der Waals surface area contributed by atoms with Gasteiger partial charge in [-0.25, -0.2) is 15.0 Å². The van der Waals surface area contributed by atoms with Crippen LogP contribution in [-0.2, 0) is 30.4 Å². The molecule has 2 aromatic rings. The van der Waals surface area contributed by atoms with Gasteiger partial charge in [0.05, 0.1) is 6.33 Å². The average molecular weight is 346 g/mol. The molecule has 0 aromatic carbocycles. The largest absolute Gasteiger partial charge is 0.522 e. The average Bonchev–Trinajstić information content (AvgIpc) is 3.02. The van der Waals surface area contributed by atoms with Crippen LogP contribution in [0.2, 0.25) is 5.15 Å². The molecule has 2 aliphatic heterocycles. The lowest BCUT2D eigenvalue weighted by Crippen LogP contribution is -2.34. The summed E-state index contributed by atoms with van der Waals surface area (Å²) in [5, 5.41) is 0.218. The van der Waals surface area contributed by atoms with Crippen molar-refractivity contribution >= 4 is 47.5 Å². The van der Waals surface area contributed by atoms with Crippen molar-refractivity contribution in [2.75, 3.05) is 6.61 Å². The molecule has 2 aromatic heterocycles. The van der Waals surface area contributed by atoms with Crippen LogP contribution < -0.4 is 0 Å². The van der Waals surface area contributed by atoms with E-state index in [0.29, 0.717) is 11.2 Å². The summed E-state index contributed by atoms with van der Waals surface area (Å²) in [7, 11) is -1.46. The third-order valence-corrected chi connectivity index (χ3v) is 4.89. The van der Waals surface area contributed by atoms with Gasteiger partial charge in [0.1, 0.15) is 24.6 Å². The van der Waals surface area contributed by atoms with Gasteiger partial charge >= 0.3 is 7.15 Å². The van der Waals surface area contributed by atoms with Crippen LogP contribution >= 0.6 is 18.8 Å². The minimum absolute atomic E-state index is 0.218. The van der Waals surface area contributed by atoms with Crippen molar-refractivity contribution in [3.8, 4) is 0 Å². The number of fused-ring (bicyclic) bond motifs is 2. The minimum Gasteiger partial charge on any atom is -0.341 e. The highest BCUT2D eigenvalue weighted by atomic mass is 35.5. The molecule has 0 radical (unpaired) electrons. The zero-order valence-corrected chi connectivity index (χ0v) is 12.7. The Morgan fingerprint density at radius 1 is 1.43 bits per heavy atom. The first-order valence-corrected chi connectivity index (χ1v) is 8.51. The summed E-state index contributed by atoms with van der Waals surface area (Å²) >= 11 is 10.9. The molecule has 2 aliphatic rings. The van der Waals surface area contributed by atoms with Crippen molar-refractivity contribution in [2.24, 2.45) is 0 Å². The summed E-state index contributed by atoms with van der Waals surface area (Å²) < 4.78 is 17.8. The van der Waals surface area contributed by atoms with Crippen LogP contribution in [0.4, 0.5) is 0 Å². The lowest BCUT2D eigenvalue weighted by Gasteiger charge is -2.14. The second-order valence-electron chi connectivity index (χ2n) is 4.46. The lowest BCUT2D eigenvalue weighted by atomic mass is 10.1. The number of nitrogens with zero attached hydrogens (tertiary/aromatic N) is 4. The van der Waals surface area contributed by atoms with Crippen LogP contribution in [0.5, 0.6) is 0 Å². The van der Waals surface area contributed by atoms with Gasteiger partial charge in [-0.2, -0.15) is 0 Å². The number of hydrogen-bond donors (Lipinski definition) is 0. The summed E-state index contributed by atoms with van der Waals surface area (Å²) in [5.74, 6) is -0.227. The molecule has 2 saturated heterocycles. The molecule has 0 amide bonds. The van der Waals surface area contributed by atoms with E-state index >= 15 is 0 Å². The number of ether oxygens (including phenoxy) is 1. The van der Waals surface area contributed by atoms with Gasteiger partial charge in [-0.05, 0) is 0 Å². The molecule has 4 heterocycles. The van der Waals surface area contributed by atoms with E-state index in [2.05, 4.69) is 15.0 Å². The molecular formula is C10H7ClN4O4PS+. The van der Waals surface area contributed by atoms with E-state index in [1.165, 1.54) is 17.2 Å². The molecule has 8 nitrogen and oxygen atoms in total. The molecular weight excluding hydrogens is 339 g/mol. The van der Waals surface area contributed by atoms with Gasteiger partial charge in [0.15, 0.2) is 17.0 Å².